The average molecular weight is 368 g/mol. The van der Waals surface area contributed by atoms with E-state index in [-0.39, 0.29) is 29.8 Å². The average Bonchev–Trinajstić information content (AvgIpc) is 2.57. The van der Waals surface area contributed by atoms with E-state index in [2.05, 4.69) is 24.8 Å². The molecule has 0 amide bonds. The van der Waals surface area contributed by atoms with Crippen LogP contribution in [-0.4, -0.2) is 34.9 Å². The molecule has 1 heterocycles. The van der Waals surface area contributed by atoms with Crippen molar-refractivity contribution in [2.45, 2.75) is 13.3 Å². The van der Waals surface area contributed by atoms with Crippen LogP contribution in [0.15, 0.2) is 40.6 Å². The number of aryl methyl sites for hydroxylation is 1. The Hall–Kier alpha value is -3.37. The van der Waals surface area contributed by atoms with Crippen LogP contribution in [0.2, 0.25) is 0 Å². The quantitative estimate of drug-likeness (QED) is 0.459. The number of nitrogen functional groups attached to an aromatic ring is 1. The van der Waals surface area contributed by atoms with Gasteiger partial charge in [-0.2, -0.15) is 10.1 Å². The Morgan fingerprint density at radius 3 is 2.77 bits per heavy atom. The van der Waals surface area contributed by atoms with Crippen LogP contribution in [0, 0.1) is 6.92 Å². The van der Waals surface area contributed by atoms with Crippen LogP contribution < -0.4 is 21.1 Å². The van der Waals surface area contributed by atoms with Gasteiger partial charge in [0, 0.05) is 17.8 Å². The van der Waals surface area contributed by atoms with Crippen LogP contribution in [0.4, 0.5) is 24.7 Å². The number of aromatic nitrogens is 2. The molecule has 11 heteroatoms. The highest BCUT2D eigenvalue weighted by Gasteiger charge is 2.31. The first-order valence-electron chi connectivity index (χ1n) is 7.15. The van der Waals surface area contributed by atoms with Crippen molar-refractivity contribution in [3.63, 3.8) is 0 Å². The third kappa shape index (κ3) is 5.92. The Kier molecular flexibility index (Phi) is 5.94. The first kappa shape index (κ1) is 19.0. The molecule has 2 rings (SSSR count). The van der Waals surface area contributed by atoms with Crippen LogP contribution in [0.25, 0.3) is 0 Å². The molecule has 26 heavy (non-hydrogen) atoms. The molecular weight excluding hydrogens is 353 g/mol. The van der Waals surface area contributed by atoms with Crippen molar-refractivity contribution in [1.29, 1.82) is 0 Å². The largest absolute Gasteiger partial charge is 0.573 e. The van der Waals surface area contributed by atoms with E-state index >= 15 is 0 Å². The van der Waals surface area contributed by atoms with Gasteiger partial charge in [-0.25, -0.2) is 4.98 Å². The molecule has 0 aliphatic carbocycles. The molecule has 0 unspecified atom stereocenters. The topological polar surface area (TPSA) is 121 Å². The number of rotatable bonds is 6. The minimum Gasteiger partial charge on any atom is -0.457 e. The van der Waals surface area contributed by atoms with Crippen LogP contribution >= 0.6 is 0 Å². The maximum absolute atomic E-state index is 12.2. The summed E-state index contributed by atoms with van der Waals surface area (Å²) in [5, 5.41) is 3.48. The molecule has 1 aromatic carbocycles. The van der Waals surface area contributed by atoms with Gasteiger partial charge in [-0.3, -0.25) is 4.99 Å². The molecule has 0 aliphatic heterocycles. The Bertz CT molecular complexity index is 823. The molecule has 0 atom stereocenters. The zero-order chi connectivity index (χ0) is 19.2. The lowest BCUT2D eigenvalue weighted by Gasteiger charge is -2.08. The van der Waals surface area contributed by atoms with Crippen LogP contribution in [0.1, 0.15) is 5.56 Å². The van der Waals surface area contributed by atoms with Crippen molar-refractivity contribution in [2.75, 3.05) is 12.3 Å². The highest BCUT2D eigenvalue weighted by Crippen LogP contribution is 2.26. The molecule has 0 saturated carbocycles. The lowest BCUT2D eigenvalue weighted by Crippen LogP contribution is -2.17. The van der Waals surface area contributed by atoms with Gasteiger partial charge in [0.1, 0.15) is 23.9 Å². The first-order valence-corrected chi connectivity index (χ1v) is 7.15. The fourth-order valence-electron chi connectivity index (χ4n) is 1.66. The molecule has 0 spiro atoms. The number of ether oxygens (including phenoxy) is 2. The third-order valence-electron chi connectivity index (χ3n) is 2.92. The van der Waals surface area contributed by atoms with Crippen molar-refractivity contribution < 1.29 is 22.6 Å². The lowest BCUT2D eigenvalue weighted by molar-refractivity contribution is -0.274. The van der Waals surface area contributed by atoms with Gasteiger partial charge in [0.15, 0.2) is 0 Å². The first-order chi connectivity index (χ1) is 12.3. The molecule has 2 aromatic rings. The minimum absolute atomic E-state index is 0.0308. The normalized spacial score (nSPS) is 12.4. The van der Waals surface area contributed by atoms with Crippen molar-refractivity contribution in [3.05, 3.63) is 36.0 Å². The molecule has 0 aliphatic rings. The fourth-order valence-corrected chi connectivity index (χ4v) is 1.66. The zero-order valence-electron chi connectivity index (χ0n) is 13.6. The van der Waals surface area contributed by atoms with E-state index in [0.29, 0.717) is 5.56 Å². The van der Waals surface area contributed by atoms with Crippen LogP contribution in [0.3, 0.4) is 0 Å². The monoisotopic (exact) mass is 368 g/mol. The summed E-state index contributed by atoms with van der Waals surface area (Å²) in [4.78, 5) is 11.8. The highest BCUT2D eigenvalue weighted by atomic mass is 19.4. The SMILES string of the molecule is Cc1cnc(OCC(C=Nc2cccc(OC(F)(F)F)c2)=NN)nc1N. The number of hydrogen-bond donors (Lipinski definition) is 2. The standard InChI is InChI=1S/C15H15F3N6O2/c1-9-6-22-14(23-13(9)19)25-8-11(24-20)7-21-10-3-2-4-12(5-10)26-15(16,17)18/h2-7H,8,20H2,1H3,(H2,19,22,23). The molecule has 4 N–H and O–H groups in total. The second-order valence-electron chi connectivity index (χ2n) is 4.93. The fraction of sp³-hybridized carbons (Fsp3) is 0.200. The van der Waals surface area contributed by atoms with E-state index in [0.717, 1.165) is 12.1 Å². The Balaban J connectivity index is 2.01. The predicted molar refractivity (Wildman–Crippen MR) is 89.6 cm³/mol. The molecule has 0 fully saturated rings. The van der Waals surface area contributed by atoms with Gasteiger partial charge < -0.3 is 21.1 Å². The number of aliphatic imine (C=N–C) groups is 1. The van der Waals surface area contributed by atoms with Gasteiger partial charge in [0.2, 0.25) is 0 Å². The molecule has 1 aromatic heterocycles. The van der Waals surface area contributed by atoms with Crippen molar-refractivity contribution in [3.8, 4) is 11.8 Å². The Morgan fingerprint density at radius 1 is 1.35 bits per heavy atom. The summed E-state index contributed by atoms with van der Waals surface area (Å²) in [5.74, 6) is 5.13. The van der Waals surface area contributed by atoms with Gasteiger partial charge in [-0.15, -0.1) is 13.2 Å². The third-order valence-corrected chi connectivity index (χ3v) is 2.92. The number of anilines is 1. The predicted octanol–water partition coefficient (Wildman–Crippen LogP) is 2.36. The molecule has 0 radical (unpaired) electrons. The Labute approximate surface area is 146 Å². The van der Waals surface area contributed by atoms with Crippen molar-refractivity contribution in [2.24, 2.45) is 15.9 Å². The number of benzene rings is 1. The summed E-state index contributed by atoms with van der Waals surface area (Å²) in [6.45, 7) is 1.64. The number of nitrogens with zero attached hydrogens (tertiary/aromatic N) is 4. The summed E-state index contributed by atoms with van der Waals surface area (Å²) in [6.07, 6.45) is -2.04. The maximum atomic E-state index is 12.2. The van der Waals surface area contributed by atoms with Gasteiger partial charge in [-0.05, 0) is 19.1 Å². The summed E-state index contributed by atoms with van der Waals surface area (Å²) < 4.78 is 45.8. The van der Waals surface area contributed by atoms with Gasteiger partial charge in [0.05, 0.1) is 11.9 Å². The van der Waals surface area contributed by atoms with E-state index in [1.54, 1.807) is 6.92 Å². The number of hydrogen-bond acceptors (Lipinski definition) is 8. The van der Waals surface area contributed by atoms with Gasteiger partial charge in [-0.1, -0.05) is 6.07 Å². The summed E-state index contributed by atoms with van der Waals surface area (Å²) in [6, 6.07) is 5.16. The summed E-state index contributed by atoms with van der Waals surface area (Å²) in [7, 11) is 0. The number of alkyl halides is 3. The van der Waals surface area contributed by atoms with Crippen LogP contribution in [0.5, 0.6) is 11.8 Å². The molecule has 0 bridgehead atoms. The summed E-state index contributed by atoms with van der Waals surface area (Å²) >= 11 is 0. The van der Waals surface area contributed by atoms with E-state index in [1.807, 2.05) is 0 Å². The van der Waals surface area contributed by atoms with E-state index < -0.39 is 12.1 Å². The second-order valence-corrected chi connectivity index (χ2v) is 4.93. The minimum atomic E-state index is -4.78. The molecule has 8 nitrogen and oxygen atoms in total. The molecule has 138 valence electrons. The smallest absolute Gasteiger partial charge is 0.457 e. The maximum Gasteiger partial charge on any atom is 0.573 e. The van der Waals surface area contributed by atoms with Gasteiger partial charge in [0.25, 0.3) is 0 Å². The van der Waals surface area contributed by atoms with E-state index in [9.17, 15) is 13.2 Å². The number of hydrazone groups is 1. The Morgan fingerprint density at radius 2 is 2.12 bits per heavy atom. The van der Waals surface area contributed by atoms with Crippen LogP contribution in [-0.2, 0) is 0 Å². The van der Waals surface area contributed by atoms with Gasteiger partial charge >= 0.3 is 12.4 Å². The van der Waals surface area contributed by atoms with E-state index in [4.69, 9.17) is 16.3 Å². The van der Waals surface area contributed by atoms with E-state index in [1.165, 1.54) is 24.5 Å². The number of nitrogens with two attached hydrogens (primary N) is 2. The lowest BCUT2D eigenvalue weighted by atomic mass is 10.3. The molecule has 0 saturated heterocycles. The number of halogens is 3. The highest BCUT2D eigenvalue weighted by molar-refractivity contribution is 6.31. The molecular formula is C15H15F3N6O2. The van der Waals surface area contributed by atoms with Crippen molar-refractivity contribution >= 4 is 23.4 Å². The summed E-state index contributed by atoms with van der Waals surface area (Å²) in [5.41, 5.74) is 6.76. The second kappa shape index (κ2) is 8.14. The zero-order valence-corrected chi connectivity index (χ0v) is 13.6. The van der Waals surface area contributed by atoms with Crippen molar-refractivity contribution in [1.82, 2.24) is 9.97 Å².